The van der Waals surface area contributed by atoms with Gasteiger partial charge in [0.15, 0.2) is 0 Å². The minimum Gasteiger partial charge on any atom is -0.480 e. The predicted molar refractivity (Wildman–Crippen MR) is 66.2 cm³/mol. The molecule has 0 fully saturated rings. The van der Waals surface area contributed by atoms with Crippen LogP contribution in [-0.4, -0.2) is 27.6 Å². The Morgan fingerprint density at radius 2 is 2.07 bits per heavy atom. The second-order valence-electron chi connectivity index (χ2n) is 4.62. The van der Waals surface area contributed by atoms with E-state index < -0.39 is 16.8 Å². The maximum Gasteiger partial charge on any atom is 0.321 e. The van der Waals surface area contributed by atoms with Crippen molar-refractivity contribution in [2.24, 2.45) is 11.7 Å². The molecule has 0 saturated heterocycles. The van der Waals surface area contributed by atoms with Crippen molar-refractivity contribution in [2.45, 2.75) is 51.3 Å². The summed E-state index contributed by atoms with van der Waals surface area (Å²) >= 11 is 1.66. The highest BCUT2D eigenvalue weighted by Gasteiger charge is 2.32. The lowest BCUT2D eigenvalue weighted by Crippen LogP contribution is -2.47. The van der Waals surface area contributed by atoms with E-state index in [0.29, 0.717) is 5.92 Å². The van der Waals surface area contributed by atoms with Crippen LogP contribution in [0.3, 0.4) is 0 Å². The van der Waals surface area contributed by atoms with Gasteiger partial charge in [0.25, 0.3) is 0 Å². The Balaban J connectivity index is 4.08. The van der Waals surface area contributed by atoms with E-state index in [2.05, 4.69) is 13.8 Å². The first-order valence-corrected chi connectivity index (χ1v) is 6.42. The topological polar surface area (TPSA) is 63.3 Å². The van der Waals surface area contributed by atoms with Crippen LogP contribution in [0.2, 0.25) is 0 Å². The fourth-order valence-electron chi connectivity index (χ4n) is 1.32. The van der Waals surface area contributed by atoms with E-state index in [1.165, 1.54) is 12.8 Å². The van der Waals surface area contributed by atoms with Crippen molar-refractivity contribution in [3.63, 3.8) is 0 Å². The van der Waals surface area contributed by atoms with Gasteiger partial charge < -0.3 is 10.8 Å². The highest BCUT2D eigenvalue weighted by molar-refractivity contribution is 8.00. The fraction of sp³-hybridized carbons (Fsp3) is 0.909. The summed E-state index contributed by atoms with van der Waals surface area (Å²) in [5, 5.41) is 8.85. The average Bonchev–Trinajstić information content (AvgIpc) is 2.14. The van der Waals surface area contributed by atoms with E-state index in [-0.39, 0.29) is 0 Å². The summed E-state index contributed by atoms with van der Waals surface area (Å²) in [6, 6.07) is -0.795. The van der Waals surface area contributed by atoms with Gasteiger partial charge in [-0.3, -0.25) is 4.79 Å². The van der Waals surface area contributed by atoms with Gasteiger partial charge in [-0.05, 0) is 25.5 Å². The Morgan fingerprint density at radius 3 is 2.47 bits per heavy atom. The summed E-state index contributed by atoms with van der Waals surface area (Å²) < 4.78 is -0.395. The van der Waals surface area contributed by atoms with E-state index in [0.717, 1.165) is 5.75 Å². The molecule has 0 aromatic rings. The van der Waals surface area contributed by atoms with Crippen LogP contribution in [0.4, 0.5) is 0 Å². The number of nitrogens with two attached hydrogens (primary N) is 1. The van der Waals surface area contributed by atoms with Crippen LogP contribution >= 0.6 is 11.8 Å². The predicted octanol–water partition coefficient (Wildman–Crippen LogP) is 2.35. The summed E-state index contributed by atoms with van der Waals surface area (Å²) in [7, 11) is 0. The third-order valence-corrected chi connectivity index (χ3v) is 4.27. The normalized spacial score (nSPS) is 16.1. The van der Waals surface area contributed by atoms with E-state index in [1.54, 1.807) is 11.8 Å². The zero-order valence-corrected chi connectivity index (χ0v) is 10.9. The second kappa shape index (κ2) is 6.38. The van der Waals surface area contributed by atoms with Crippen LogP contribution in [0.25, 0.3) is 0 Å². The van der Waals surface area contributed by atoms with E-state index in [1.807, 2.05) is 13.8 Å². The zero-order chi connectivity index (χ0) is 12.1. The van der Waals surface area contributed by atoms with Crippen molar-refractivity contribution in [2.75, 3.05) is 5.75 Å². The van der Waals surface area contributed by atoms with Crippen molar-refractivity contribution in [1.29, 1.82) is 0 Å². The van der Waals surface area contributed by atoms with Crippen molar-refractivity contribution < 1.29 is 9.90 Å². The lowest BCUT2D eigenvalue weighted by molar-refractivity contribution is -0.139. The Bertz CT molecular complexity index is 207. The molecule has 0 aliphatic rings. The molecule has 3 N–H and O–H groups in total. The number of hydrogen-bond acceptors (Lipinski definition) is 3. The summed E-state index contributed by atoms with van der Waals surface area (Å²) in [6.45, 7) is 8.15. The second-order valence-corrected chi connectivity index (χ2v) is 6.30. The molecule has 4 heteroatoms. The number of carbonyl (C=O) groups is 1. The molecule has 0 aliphatic heterocycles. The summed E-state index contributed by atoms with van der Waals surface area (Å²) in [6.07, 6.45) is 2.36. The van der Waals surface area contributed by atoms with Gasteiger partial charge in [-0.15, -0.1) is 0 Å². The Labute approximate surface area is 96.8 Å². The Hall–Kier alpha value is -0.220. The monoisotopic (exact) mass is 233 g/mol. The molecule has 90 valence electrons. The van der Waals surface area contributed by atoms with Gasteiger partial charge in [0.1, 0.15) is 6.04 Å². The first kappa shape index (κ1) is 14.8. The molecule has 0 saturated carbocycles. The van der Waals surface area contributed by atoms with Crippen LogP contribution in [0.15, 0.2) is 0 Å². The summed E-state index contributed by atoms with van der Waals surface area (Å²) in [4.78, 5) is 10.8. The highest BCUT2D eigenvalue weighted by atomic mass is 32.2. The van der Waals surface area contributed by atoms with Gasteiger partial charge in [0.05, 0.1) is 0 Å². The number of carboxylic acids is 1. The van der Waals surface area contributed by atoms with Gasteiger partial charge in [-0.1, -0.05) is 26.7 Å². The highest BCUT2D eigenvalue weighted by Crippen LogP contribution is 2.30. The van der Waals surface area contributed by atoms with Gasteiger partial charge in [0.2, 0.25) is 0 Å². The molecule has 1 unspecified atom stereocenters. The van der Waals surface area contributed by atoms with Crippen molar-refractivity contribution in [3.05, 3.63) is 0 Å². The van der Waals surface area contributed by atoms with Crippen LogP contribution < -0.4 is 5.73 Å². The van der Waals surface area contributed by atoms with Crippen molar-refractivity contribution in [1.82, 2.24) is 0 Å². The largest absolute Gasteiger partial charge is 0.480 e. The molecule has 0 aromatic heterocycles. The molecule has 0 heterocycles. The molecule has 0 amide bonds. The van der Waals surface area contributed by atoms with Crippen LogP contribution in [0.1, 0.15) is 40.5 Å². The molecule has 0 spiro atoms. The van der Waals surface area contributed by atoms with E-state index in [9.17, 15) is 4.79 Å². The standard InChI is InChI=1S/C11H23NO2S/c1-5-6-8(2)7-15-11(3,4)9(12)10(13)14/h8-9H,5-7,12H2,1-4H3,(H,13,14)/t8?,9-/m0/s1. The van der Waals surface area contributed by atoms with Crippen molar-refractivity contribution >= 4 is 17.7 Å². The zero-order valence-electron chi connectivity index (χ0n) is 10.1. The van der Waals surface area contributed by atoms with E-state index in [4.69, 9.17) is 10.8 Å². The molecular formula is C11H23NO2S. The molecule has 0 bridgehead atoms. The third-order valence-electron chi connectivity index (χ3n) is 2.54. The molecule has 0 rings (SSSR count). The Kier molecular flexibility index (Phi) is 6.29. The molecule has 0 aromatic carbocycles. The SMILES string of the molecule is CCCC(C)CSC(C)(C)[C@@H](N)C(=O)O. The molecule has 0 aliphatic carbocycles. The molecular weight excluding hydrogens is 210 g/mol. The summed E-state index contributed by atoms with van der Waals surface area (Å²) in [5.74, 6) is 0.679. The van der Waals surface area contributed by atoms with Gasteiger partial charge in [-0.25, -0.2) is 0 Å². The van der Waals surface area contributed by atoms with Gasteiger partial charge >= 0.3 is 5.97 Å². The number of thioether (sulfide) groups is 1. The van der Waals surface area contributed by atoms with Gasteiger partial charge in [0, 0.05) is 4.75 Å². The van der Waals surface area contributed by atoms with Crippen LogP contribution in [-0.2, 0) is 4.79 Å². The lowest BCUT2D eigenvalue weighted by Gasteiger charge is -2.29. The number of rotatable bonds is 7. The van der Waals surface area contributed by atoms with Crippen LogP contribution in [0.5, 0.6) is 0 Å². The van der Waals surface area contributed by atoms with Gasteiger partial charge in [-0.2, -0.15) is 11.8 Å². The molecule has 3 nitrogen and oxygen atoms in total. The fourth-order valence-corrected chi connectivity index (χ4v) is 2.48. The smallest absolute Gasteiger partial charge is 0.321 e. The third kappa shape index (κ3) is 5.42. The first-order chi connectivity index (χ1) is 6.81. The maximum absolute atomic E-state index is 10.8. The quantitative estimate of drug-likeness (QED) is 0.708. The van der Waals surface area contributed by atoms with Crippen molar-refractivity contribution in [3.8, 4) is 0 Å². The number of carboxylic acid groups (broad SMARTS) is 1. The average molecular weight is 233 g/mol. The Morgan fingerprint density at radius 1 is 1.53 bits per heavy atom. The minimum absolute atomic E-state index is 0.395. The molecule has 15 heavy (non-hydrogen) atoms. The molecule has 0 radical (unpaired) electrons. The lowest BCUT2D eigenvalue weighted by atomic mass is 10.1. The maximum atomic E-state index is 10.8. The molecule has 2 atom stereocenters. The first-order valence-electron chi connectivity index (χ1n) is 5.43. The van der Waals surface area contributed by atoms with Crippen LogP contribution in [0, 0.1) is 5.92 Å². The minimum atomic E-state index is -0.921. The van der Waals surface area contributed by atoms with E-state index >= 15 is 0 Å². The summed E-state index contributed by atoms with van der Waals surface area (Å²) in [5.41, 5.74) is 5.63. The number of aliphatic carboxylic acids is 1. The number of hydrogen-bond donors (Lipinski definition) is 2.